The van der Waals surface area contributed by atoms with E-state index in [1.165, 1.54) is 42.4 Å². The maximum atomic E-state index is 3.74. The molecule has 4 heteroatoms. The molecule has 3 aromatic rings. The van der Waals surface area contributed by atoms with Gasteiger partial charge in [-0.2, -0.15) is 0 Å². The molecule has 3 aromatic carbocycles. The van der Waals surface area contributed by atoms with Crippen LogP contribution < -0.4 is 24.5 Å². The van der Waals surface area contributed by atoms with Crippen molar-refractivity contribution in [1.29, 1.82) is 0 Å². The van der Waals surface area contributed by atoms with Crippen molar-refractivity contribution in [3.63, 3.8) is 0 Å². The van der Waals surface area contributed by atoms with E-state index in [-0.39, 0.29) is 0 Å². The topological polar surface area (TPSA) is 27.3 Å². The van der Waals surface area contributed by atoms with Crippen molar-refractivity contribution >= 4 is 57.4 Å². The molecule has 0 bridgehead atoms. The van der Waals surface area contributed by atoms with Gasteiger partial charge in [0.2, 0.25) is 0 Å². The molecule has 0 amide bonds. The first-order valence-corrected chi connectivity index (χ1v) is 11.1. The Bertz CT molecular complexity index is 948. The van der Waals surface area contributed by atoms with Crippen LogP contribution in [0.3, 0.4) is 0 Å². The molecule has 0 aromatic heterocycles. The molecule has 0 spiro atoms. The Morgan fingerprint density at radius 2 is 1.81 bits per heavy atom. The Morgan fingerprint density at radius 1 is 0.962 bits per heavy atom. The second-order valence-corrected chi connectivity index (χ2v) is 8.73. The van der Waals surface area contributed by atoms with Crippen LogP contribution in [-0.4, -0.2) is 34.6 Å². The number of fused-ring (bicyclic) bond motifs is 4. The van der Waals surface area contributed by atoms with Crippen LogP contribution in [0.4, 0.5) is 22.7 Å². The molecule has 134 valence electrons. The van der Waals surface area contributed by atoms with Crippen LogP contribution in [0.2, 0.25) is 0 Å². The van der Waals surface area contributed by atoms with Gasteiger partial charge >= 0.3 is 162 Å². The number of hydrogen-bond donors (Lipinski definition) is 2. The Morgan fingerprint density at radius 3 is 2.58 bits per heavy atom. The fourth-order valence-electron chi connectivity index (χ4n) is 3.64. The summed E-state index contributed by atoms with van der Waals surface area (Å²) in [5.41, 5.74) is 5.08. The molecule has 1 aliphatic heterocycles. The van der Waals surface area contributed by atoms with Gasteiger partial charge in [0.05, 0.1) is 0 Å². The average Bonchev–Trinajstić information content (AvgIpc) is 2.67. The number of anilines is 4. The van der Waals surface area contributed by atoms with Crippen molar-refractivity contribution in [1.82, 2.24) is 0 Å². The van der Waals surface area contributed by atoms with Gasteiger partial charge in [0, 0.05) is 0 Å². The van der Waals surface area contributed by atoms with E-state index in [0.717, 1.165) is 19.6 Å². The first kappa shape index (κ1) is 17.3. The minimum absolute atomic E-state index is 0.312. The van der Waals surface area contributed by atoms with Crippen LogP contribution >= 0.6 is 0 Å². The fourth-order valence-corrected chi connectivity index (χ4v) is 5.82. The summed E-state index contributed by atoms with van der Waals surface area (Å²) in [6.07, 6.45) is 0. The zero-order chi connectivity index (χ0) is 18.1. The van der Waals surface area contributed by atoms with Crippen LogP contribution in [0.25, 0.3) is 10.8 Å². The van der Waals surface area contributed by atoms with E-state index < -0.39 is 0 Å². The van der Waals surface area contributed by atoms with Crippen LogP contribution in [0.15, 0.2) is 48.5 Å². The molecule has 1 heterocycles. The van der Waals surface area contributed by atoms with Gasteiger partial charge in [0.25, 0.3) is 0 Å². The number of rotatable bonds is 5. The van der Waals surface area contributed by atoms with Gasteiger partial charge in [-0.3, -0.25) is 0 Å². The summed E-state index contributed by atoms with van der Waals surface area (Å²) in [7, 11) is 0. The van der Waals surface area contributed by atoms with E-state index in [1.807, 2.05) is 0 Å². The van der Waals surface area contributed by atoms with Crippen molar-refractivity contribution in [2.75, 3.05) is 35.2 Å². The second kappa shape index (κ2) is 7.22. The molecule has 3 nitrogen and oxygen atoms in total. The SMILES string of the molecule is CCNc1cccc2ccc3c(c12)Nc1ccc(N(CC)CC)cc1[Se]3. The zero-order valence-corrected chi connectivity index (χ0v) is 17.3. The molecular formula is C22H25N3Se. The van der Waals surface area contributed by atoms with Crippen LogP contribution in [0.1, 0.15) is 20.8 Å². The summed E-state index contributed by atoms with van der Waals surface area (Å²) in [4.78, 5) is 2.41. The standard InChI is InChI=1S/C22H25N3Se/c1-4-23-18-9-7-8-15-10-13-19-22(21(15)18)24-17-12-11-16(14-20(17)26-19)25(5-2)6-3/h7-14,23-24H,4-6H2,1-3H3. The minimum atomic E-state index is 0.312. The molecule has 0 aliphatic carbocycles. The third-order valence-electron chi connectivity index (χ3n) is 4.95. The van der Waals surface area contributed by atoms with Gasteiger partial charge in [-0.15, -0.1) is 0 Å². The van der Waals surface area contributed by atoms with E-state index in [4.69, 9.17) is 0 Å². The summed E-state index contributed by atoms with van der Waals surface area (Å²) in [6, 6.07) is 17.9. The Balaban J connectivity index is 1.79. The van der Waals surface area contributed by atoms with Gasteiger partial charge in [-0.1, -0.05) is 0 Å². The van der Waals surface area contributed by atoms with Crippen molar-refractivity contribution in [2.24, 2.45) is 0 Å². The summed E-state index contributed by atoms with van der Waals surface area (Å²) < 4.78 is 2.87. The van der Waals surface area contributed by atoms with Crippen molar-refractivity contribution in [2.45, 2.75) is 20.8 Å². The monoisotopic (exact) mass is 411 g/mol. The molecule has 0 unspecified atom stereocenters. The quantitative estimate of drug-likeness (QED) is 0.490. The van der Waals surface area contributed by atoms with Crippen molar-refractivity contribution in [3.8, 4) is 0 Å². The fraction of sp³-hybridized carbons (Fsp3) is 0.273. The first-order valence-electron chi connectivity index (χ1n) is 9.38. The van der Waals surface area contributed by atoms with Gasteiger partial charge in [0.1, 0.15) is 0 Å². The predicted octanol–water partition coefficient (Wildman–Crippen LogP) is 3.83. The van der Waals surface area contributed by atoms with E-state index in [1.54, 1.807) is 0 Å². The molecule has 0 radical (unpaired) electrons. The van der Waals surface area contributed by atoms with Crippen molar-refractivity contribution < 1.29 is 0 Å². The molecule has 4 rings (SSSR count). The number of nitrogens with one attached hydrogen (secondary N) is 2. The summed E-state index contributed by atoms with van der Waals surface area (Å²) in [5.74, 6) is 0. The number of benzene rings is 3. The van der Waals surface area contributed by atoms with Gasteiger partial charge in [-0.05, 0) is 0 Å². The maximum absolute atomic E-state index is 3.74. The molecule has 0 atom stereocenters. The molecule has 0 saturated carbocycles. The van der Waals surface area contributed by atoms with E-state index in [0.29, 0.717) is 15.0 Å². The van der Waals surface area contributed by atoms with Crippen LogP contribution in [-0.2, 0) is 0 Å². The third-order valence-corrected chi connectivity index (χ3v) is 7.29. The Hall–Kier alpha value is -2.16. The average molecular weight is 410 g/mol. The third kappa shape index (κ3) is 2.94. The van der Waals surface area contributed by atoms with E-state index in [2.05, 4.69) is 84.8 Å². The second-order valence-electron chi connectivity index (χ2n) is 6.45. The first-order chi connectivity index (χ1) is 12.7. The predicted molar refractivity (Wildman–Crippen MR) is 116 cm³/mol. The number of nitrogens with zero attached hydrogens (tertiary/aromatic N) is 1. The van der Waals surface area contributed by atoms with Crippen LogP contribution in [0, 0.1) is 0 Å². The van der Waals surface area contributed by atoms with Gasteiger partial charge in [0.15, 0.2) is 0 Å². The molecule has 26 heavy (non-hydrogen) atoms. The molecule has 0 fully saturated rings. The van der Waals surface area contributed by atoms with E-state index in [9.17, 15) is 0 Å². The summed E-state index contributed by atoms with van der Waals surface area (Å²) >= 11 is 0.312. The summed E-state index contributed by atoms with van der Waals surface area (Å²) in [5, 5.41) is 9.86. The number of hydrogen-bond acceptors (Lipinski definition) is 3. The Labute approximate surface area is 161 Å². The molecule has 2 N–H and O–H groups in total. The molecule has 1 aliphatic rings. The van der Waals surface area contributed by atoms with Gasteiger partial charge in [-0.25, -0.2) is 0 Å². The molecular weight excluding hydrogens is 385 g/mol. The van der Waals surface area contributed by atoms with Gasteiger partial charge < -0.3 is 0 Å². The Kier molecular flexibility index (Phi) is 4.79. The zero-order valence-electron chi connectivity index (χ0n) is 15.6. The van der Waals surface area contributed by atoms with Crippen molar-refractivity contribution in [3.05, 3.63) is 48.5 Å². The molecule has 0 saturated heterocycles. The summed E-state index contributed by atoms with van der Waals surface area (Å²) in [6.45, 7) is 9.60. The van der Waals surface area contributed by atoms with Crippen LogP contribution in [0.5, 0.6) is 0 Å². The normalized spacial score (nSPS) is 12.3. The van der Waals surface area contributed by atoms with E-state index >= 15 is 0 Å².